The van der Waals surface area contributed by atoms with E-state index in [1.54, 1.807) is 14.2 Å². The summed E-state index contributed by atoms with van der Waals surface area (Å²) in [6, 6.07) is 3.74. The Morgan fingerprint density at radius 3 is 1.92 bits per heavy atom. The molecular formula is C10H14O3. The highest BCUT2D eigenvalue weighted by Crippen LogP contribution is 2.29. The van der Waals surface area contributed by atoms with Crippen molar-refractivity contribution in [2.24, 2.45) is 0 Å². The highest BCUT2D eigenvalue weighted by molar-refractivity contribution is 5.47. The lowest BCUT2D eigenvalue weighted by Gasteiger charge is -2.11. The molecule has 13 heavy (non-hydrogen) atoms. The Hall–Kier alpha value is -1.22. The number of aliphatic hydroxyl groups is 1. The normalized spacial score (nSPS) is 9.85. The fourth-order valence-electron chi connectivity index (χ4n) is 1.27. The Morgan fingerprint density at radius 1 is 1.15 bits per heavy atom. The zero-order valence-corrected chi connectivity index (χ0v) is 8.13. The van der Waals surface area contributed by atoms with Gasteiger partial charge in [-0.3, -0.25) is 0 Å². The summed E-state index contributed by atoms with van der Waals surface area (Å²) < 4.78 is 10.2. The van der Waals surface area contributed by atoms with Gasteiger partial charge in [0.05, 0.1) is 26.4 Å². The van der Waals surface area contributed by atoms with Crippen LogP contribution in [0, 0.1) is 6.92 Å². The predicted octanol–water partition coefficient (Wildman–Crippen LogP) is 1.50. The fraction of sp³-hybridized carbons (Fsp3) is 0.400. The molecule has 0 spiro atoms. The molecular weight excluding hydrogens is 168 g/mol. The molecule has 0 heterocycles. The summed E-state index contributed by atoms with van der Waals surface area (Å²) in [5.41, 5.74) is 1.74. The molecule has 0 aliphatic carbocycles. The summed E-state index contributed by atoms with van der Waals surface area (Å²) in [4.78, 5) is 0. The van der Waals surface area contributed by atoms with Crippen LogP contribution < -0.4 is 9.47 Å². The molecule has 0 unspecified atom stereocenters. The number of methoxy groups -OCH3 is 2. The summed E-state index contributed by atoms with van der Waals surface area (Å²) in [5, 5.41) is 9.09. The Morgan fingerprint density at radius 2 is 1.62 bits per heavy atom. The van der Waals surface area contributed by atoms with E-state index in [-0.39, 0.29) is 6.61 Å². The van der Waals surface area contributed by atoms with Crippen molar-refractivity contribution in [3.63, 3.8) is 0 Å². The van der Waals surface area contributed by atoms with Gasteiger partial charge in [-0.05, 0) is 24.6 Å². The van der Waals surface area contributed by atoms with E-state index in [0.717, 1.165) is 5.56 Å². The summed E-state index contributed by atoms with van der Waals surface area (Å²) >= 11 is 0. The van der Waals surface area contributed by atoms with Crippen LogP contribution >= 0.6 is 0 Å². The van der Waals surface area contributed by atoms with E-state index >= 15 is 0 Å². The second-order valence-electron chi connectivity index (χ2n) is 2.81. The zero-order valence-electron chi connectivity index (χ0n) is 8.13. The lowest BCUT2D eigenvalue weighted by atomic mass is 10.1. The van der Waals surface area contributed by atoms with Gasteiger partial charge in [0.2, 0.25) is 0 Å². The summed E-state index contributed by atoms with van der Waals surface area (Å²) in [5.74, 6) is 1.33. The smallest absolute Gasteiger partial charge is 0.128 e. The summed E-state index contributed by atoms with van der Waals surface area (Å²) in [6.07, 6.45) is 0. The molecule has 0 saturated carbocycles. The second kappa shape index (κ2) is 4.14. The van der Waals surface area contributed by atoms with Crippen molar-refractivity contribution in [1.29, 1.82) is 0 Å². The van der Waals surface area contributed by atoms with Crippen molar-refractivity contribution in [3.05, 3.63) is 23.3 Å². The number of aryl methyl sites for hydroxylation is 1. The zero-order chi connectivity index (χ0) is 9.84. The first-order chi connectivity index (χ1) is 6.22. The molecule has 0 aliphatic heterocycles. The van der Waals surface area contributed by atoms with E-state index in [4.69, 9.17) is 14.6 Å². The van der Waals surface area contributed by atoms with E-state index in [1.165, 1.54) is 0 Å². The standard InChI is InChI=1S/C10H14O3/c1-7-4-9(12-2)8(6-11)10(5-7)13-3/h4-5,11H,6H2,1-3H3. The number of aliphatic hydroxyl groups excluding tert-OH is 1. The molecule has 0 bridgehead atoms. The minimum absolute atomic E-state index is 0.0768. The van der Waals surface area contributed by atoms with Crippen LogP contribution in [-0.2, 0) is 6.61 Å². The van der Waals surface area contributed by atoms with E-state index in [9.17, 15) is 0 Å². The van der Waals surface area contributed by atoms with Crippen LogP contribution in [0.25, 0.3) is 0 Å². The highest BCUT2D eigenvalue weighted by atomic mass is 16.5. The first-order valence-corrected chi connectivity index (χ1v) is 4.05. The molecule has 0 saturated heterocycles. The van der Waals surface area contributed by atoms with Crippen LogP contribution in [0.5, 0.6) is 11.5 Å². The monoisotopic (exact) mass is 182 g/mol. The molecule has 0 aromatic heterocycles. The Balaban J connectivity index is 3.25. The van der Waals surface area contributed by atoms with Crippen molar-refractivity contribution in [1.82, 2.24) is 0 Å². The van der Waals surface area contributed by atoms with Crippen LogP contribution in [-0.4, -0.2) is 19.3 Å². The Bertz CT molecular complexity index is 269. The average Bonchev–Trinajstić information content (AvgIpc) is 2.16. The molecule has 1 rings (SSSR count). The molecule has 72 valence electrons. The number of rotatable bonds is 3. The molecule has 0 atom stereocenters. The quantitative estimate of drug-likeness (QED) is 0.770. The lowest BCUT2D eigenvalue weighted by molar-refractivity contribution is 0.265. The van der Waals surface area contributed by atoms with Crippen molar-refractivity contribution in [2.45, 2.75) is 13.5 Å². The number of ether oxygens (including phenoxy) is 2. The number of hydrogen-bond acceptors (Lipinski definition) is 3. The summed E-state index contributed by atoms with van der Waals surface area (Å²) in [7, 11) is 3.15. The molecule has 1 aromatic rings. The van der Waals surface area contributed by atoms with Crippen LogP contribution in [0.1, 0.15) is 11.1 Å². The maximum absolute atomic E-state index is 9.09. The van der Waals surface area contributed by atoms with Crippen molar-refractivity contribution < 1.29 is 14.6 Å². The van der Waals surface area contributed by atoms with Gasteiger partial charge in [0.1, 0.15) is 11.5 Å². The molecule has 0 radical (unpaired) electrons. The summed E-state index contributed by atoms with van der Waals surface area (Å²) in [6.45, 7) is 1.87. The molecule has 0 aliphatic rings. The highest BCUT2D eigenvalue weighted by Gasteiger charge is 2.09. The van der Waals surface area contributed by atoms with Gasteiger partial charge in [0.25, 0.3) is 0 Å². The van der Waals surface area contributed by atoms with Gasteiger partial charge in [-0.1, -0.05) is 0 Å². The Labute approximate surface area is 77.9 Å². The van der Waals surface area contributed by atoms with Crippen LogP contribution in [0.3, 0.4) is 0 Å². The van der Waals surface area contributed by atoms with Gasteiger partial charge in [-0.25, -0.2) is 0 Å². The largest absolute Gasteiger partial charge is 0.496 e. The number of benzene rings is 1. The lowest BCUT2D eigenvalue weighted by Crippen LogP contribution is -1.97. The SMILES string of the molecule is COc1cc(C)cc(OC)c1CO. The fourth-order valence-corrected chi connectivity index (χ4v) is 1.27. The topological polar surface area (TPSA) is 38.7 Å². The van der Waals surface area contributed by atoms with Crippen LogP contribution in [0.4, 0.5) is 0 Å². The molecule has 0 amide bonds. The predicted molar refractivity (Wildman–Crippen MR) is 50.2 cm³/mol. The van der Waals surface area contributed by atoms with Crippen LogP contribution in [0.15, 0.2) is 12.1 Å². The maximum atomic E-state index is 9.09. The van der Waals surface area contributed by atoms with Crippen molar-refractivity contribution in [3.8, 4) is 11.5 Å². The van der Waals surface area contributed by atoms with Crippen molar-refractivity contribution >= 4 is 0 Å². The average molecular weight is 182 g/mol. The molecule has 1 aromatic carbocycles. The van der Waals surface area contributed by atoms with Gasteiger partial charge in [-0.2, -0.15) is 0 Å². The van der Waals surface area contributed by atoms with E-state index in [2.05, 4.69) is 0 Å². The molecule has 3 heteroatoms. The first kappa shape index (κ1) is 9.86. The second-order valence-corrected chi connectivity index (χ2v) is 2.81. The van der Waals surface area contributed by atoms with Gasteiger partial charge < -0.3 is 14.6 Å². The van der Waals surface area contributed by atoms with Crippen LogP contribution in [0.2, 0.25) is 0 Å². The maximum Gasteiger partial charge on any atom is 0.128 e. The minimum atomic E-state index is -0.0768. The van der Waals surface area contributed by atoms with E-state index < -0.39 is 0 Å². The van der Waals surface area contributed by atoms with Crippen molar-refractivity contribution in [2.75, 3.05) is 14.2 Å². The molecule has 1 N–H and O–H groups in total. The third-order valence-electron chi connectivity index (χ3n) is 1.91. The van der Waals surface area contributed by atoms with E-state index in [0.29, 0.717) is 17.1 Å². The third-order valence-corrected chi connectivity index (χ3v) is 1.91. The number of hydrogen-bond donors (Lipinski definition) is 1. The van der Waals surface area contributed by atoms with Gasteiger partial charge in [0, 0.05) is 0 Å². The minimum Gasteiger partial charge on any atom is -0.496 e. The first-order valence-electron chi connectivity index (χ1n) is 4.05. The Kier molecular flexibility index (Phi) is 3.14. The van der Waals surface area contributed by atoms with Gasteiger partial charge in [0.15, 0.2) is 0 Å². The van der Waals surface area contributed by atoms with Gasteiger partial charge >= 0.3 is 0 Å². The van der Waals surface area contributed by atoms with E-state index in [1.807, 2.05) is 19.1 Å². The third kappa shape index (κ3) is 1.92. The van der Waals surface area contributed by atoms with Gasteiger partial charge in [-0.15, -0.1) is 0 Å². The molecule has 0 fully saturated rings. The molecule has 3 nitrogen and oxygen atoms in total.